The molecular formula is C38H60F2O4. The highest BCUT2D eigenvalue weighted by Crippen LogP contribution is 2.38. The van der Waals surface area contributed by atoms with E-state index in [1.54, 1.807) is 0 Å². The van der Waals surface area contributed by atoms with Gasteiger partial charge in [0.05, 0.1) is 0 Å². The predicted octanol–water partition coefficient (Wildman–Crippen LogP) is 11.0. The minimum Gasteiger partial charge on any atom is -0.460 e. The molecule has 250 valence electrons. The number of rotatable bonds is 20. The Morgan fingerprint density at radius 2 is 0.886 bits per heavy atom. The van der Waals surface area contributed by atoms with Gasteiger partial charge in [-0.05, 0) is 100 Å². The summed E-state index contributed by atoms with van der Waals surface area (Å²) in [6, 6.07) is 8.91. The normalized spacial score (nSPS) is 23.5. The summed E-state index contributed by atoms with van der Waals surface area (Å²) in [6.45, 7) is 4.35. The number of halogens is 2. The Morgan fingerprint density at radius 1 is 0.568 bits per heavy atom. The summed E-state index contributed by atoms with van der Waals surface area (Å²) >= 11 is 0. The molecule has 0 amide bonds. The predicted molar refractivity (Wildman–Crippen MR) is 174 cm³/mol. The van der Waals surface area contributed by atoms with Gasteiger partial charge >= 0.3 is 11.9 Å². The lowest BCUT2D eigenvalue weighted by Gasteiger charge is -2.30. The first-order chi connectivity index (χ1) is 21.4. The van der Waals surface area contributed by atoms with Gasteiger partial charge in [-0.3, -0.25) is 0 Å². The molecule has 44 heavy (non-hydrogen) atoms. The molecule has 0 spiro atoms. The average Bonchev–Trinajstić information content (AvgIpc) is 3.05. The maximum Gasteiger partial charge on any atom is 0.340 e. The van der Waals surface area contributed by atoms with Crippen LogP contribution in [0.1, 0.15) is 178 Å². The van der Waals surface area contributed by atoms with E-state index in [1.165, 1.54) is 49.7 Å². The third kappa shape index (κ3) is 13.2. The summed E-state index contributed by atoms with van der Waals surface area (Å²) in [5.74, 6) is -0.478. The van der Waals surface area contributed by atoms with E-state index in [2.05, 4.69) is 38.1 Å². The molecule has 1 aromatic carbocycles. The smallest absolute Gasteiger partial charge is 0.340 e. The van der Waals surface area contributed by atoms with Crippen molar-refractivity contribution in [3.05, 3.63) is 35.4 Å². The SMILES string of the molecule is CCCCCCCC[C@@H](F)C(=O)O[C@H]1CC[C@H](c2ccc([C@H]3CC[C@H](OC(=O)[C@H](F)CCCCCCCC)CC3)cc2)CC1. The van der Waals surface area contributed by atoms with Gasteiger partial charge in [0.25, 0.3) is 0 Å². The quantitative estimate of drug-likeness (QED) is 0.108. The van der Waals surface area contributed by atoms with Crippen LogP contribution in [0.5, 0.6) is 0 Å². The van der Waals surface area contributed by atoms with E-state index >= 15 is 0 Å². The summed E-state index contributed by atoms with van der Waals surface area (Å²) in [4.78, 5) is 24.5. The van der Waals surface area contributed by atoms with Crippen LogP contribution in [-0.2, 0) is 19.1 Å². The largest absolute Gasteiger partial charge is 0.460 e. The fraction of sp³-hybridized carbons (Fsp3) is 0.789. The second kappa shape index (κ2) is 20.9. The van der Waals surface area contributed by atoms with E-state index in [0.717, 1.165) is 89.9 Å². The molecule has 0 N–H and O–H groups in total. The van der Waals surface area contributed by atoms with Gasteiger partial charge in [0.1, 0.15) is 12.2 Å². The lowest BCUT2D eigenvalue weighted by atomic mass is 9.80. The third-order valence-corrected chi connectivity index (χ3v) is 9.93. The molecule has 1 aromatic rings. The number of alkyl halides is 2. The second-order valence-electron chi connectivity index (χ2n) is 13.5. The molecule has 2 atom stereocenters. The highest BCUT2D eigenvalue weighted by molar-refractivity contribution is 5.75. The van der Waals surface area contributed by atoms with Crippen molar-refractivity contribution in [1.82, 2.24) is 0 Å². The molecule has 0 heterocycles. The molecule has 2 aliphatic rings. The molecule has 3 rings (SSSR count). The molecule has 0 unspecified atom stereocenters. The van der Waals surface area contributed by atoms with Crippen LogP contribution < -0.4 is 0 Å². The molecule has 0 radical (unpaired) electrons. The van der Waals surface area contributed by atoms with E-state index in [-0.39, 0.29) is 25.0 Å². The van der Waals surface area contributed by atoms with E-state index in [0.29, 0.717) is 11.8 Å². The van der Waals surface area contributed by atoms with E-state index < -0.39 is 24.3 Å². The Labute approximate surface area is 266 Å². The Hall–Kier alpha value is -1.98. The first-order valence-electron chi connectivity index (χ1n) is 18.2. The number of unbranched alkanes of at least 4 members (excludes halogenated alkanes) is 10. The van der Waals surface area contributed by atoms with E-state index in [4.69, 9.17) is 9.47 Å². The minimum absolute atomic E-state index is 0.173. The Bertz CT molecular complexity index is 844. The maximum absolute atomic E-state index is 14.3. The molecule has 0 saturated heterocycles. The lowest BCUT2D eigenvalue weighted by Crippen LogP contribution is -2.28. The van der Waals surface area contributed by atoms with Crippen molar-refractivity contribution >= 4 is 11.9 Å². The van der Waals surface area contributed by atoms with Gasteiger partial charge in [-0.2, -0.15) is 0 Å². The highest BCUT2D eigenvalue weighted by Gasteiger charge is 2.30. The zero-order valence-corrected chi connectivity index (χ0v) is 27.7. The van der Waals surface area contributed by atoms with Crippen LogP contribution in [0, 0.1) is 0 Å². The molecule has 2 aliphatic carbocycles. The topological polar surface area (TPSA) is 52.6 Å². The zero-order valence-electron chi connectivity index (χ0n) is 27.7. The van der Waals surface area contributed by atoms with Crippen LogP contribution >= 0.6 is 0 Å². The molecule has 4 nitrogen and oxygen atoms in total. The standard InChI is InChI=1S/C38H60F2O4/c1-3-5-7-9-11-13-15-35(39)37(41)43-33-25-21-31(22-26-33)29-17-19-30(20-18-29)32-23-27-34(28-24-32)44-38(42)36(40)16-14-12-10-8-6-4-2/h17-20,31-36H,3-16,21-28H2,1-2H3/t31-,32-,33-,34-,35-,36-/m1/s1. The second-order valence-corrected chi connectivity index (χ2v) is 13.5. The van der Waals surface area contributed by atoms with Gasteiger partial charge < -0.3 is 9.47 Å². The van der Waals surface area contributed by atoms with Crippen LogP contribution in [-0.4, -0.2) is 36.5 Å². The van der Waals surface area contributed by atoms with E-state index in [1.807, 2.05) is 0 Å². The van der Waals surface area contributed by atoms with Gasteiger partial charge in [0.2, 0.25) is 0 Å². The van der Waals surface area contributed by atoms with Crippen LogP contribution in [0.15, 0.2) is 24.3 Å². The maximum atomic E-state index is 14.3. The fourth-order valence-corrected chi connectivity index (χ4v) is 6.99. The highest BCUT2D eigenvalue weighted by atomic mass is 19.1. The van der Waals surface area contributed by atoms with Crippen LogP contribution in [0.25, 0.3) is 0 Å². The Kier molecular flexibility index (Phi) is 17.4. The van der Waals surface area contributed by atoms with Gasteiger partial charge in [-0.25, -0.2) is 18.4 Å². The van der Waals surface area contributed by atoms with Crippen LogP contribution in [0.2, 0.25) is 0 Å². The van der Waals surface area contributed by atoms with Gasteiger partial charge in [-0.15, -0.1) is 0 Å². The number of esters is 2. The van der Waals surface area contributed by atoms with Crippen molar-refractivity contribution in [2.75, 3.05) is 0 Å². The fourth-order valence-electron chi connectivity index (χ4n) is 6.99. The number of benzene rings is 1. The Balaban J connectivity index is 1.30. The summed E-state index contributed by atoms with van der Waals surface area (Å²) in [6.07, 6.45) is 17.0. The van der Waals surface area contributed by atoms with Crippen molar-refractivity contribution in [3.63, 3.8) is 0 Å². The summed E-state index contributed by atoms with van der Waals surface area (Å²) < 4.78 is 39.8. The van der Waals surface area contributed by atoms with Crippen LogP contribution in [0.3, 0.4) is 0 Å². The van der Waals surface area contributed by atoms with E-state index in [9.17, 15) is 18.4 Å². The number of ether oxygens (including phenoxy) is 2. The molecule has 2 fully saturated rings. The number of hydrogen-bond acceptors (Lipinski definition) is 4. The lowest BCUT2D eigenvalue weighted by molar-refractivity contribution is -0.157. The van der Waals surface area contributed by atoms with Crippen molar-refractivity contribution in [1.29, 1.82) is 0 Å². The third-order valence-electron chi connectivity index (χ3n) is 9.93. The van der Waals surface area contributed by atoms with Crippen molar-refractivity contribution in [2.24, 2.45) is 0 Å². The van der Waals surface area contributed by atoms with Gasteiger partial charge in [-0.1, -0.05) is 102 Å². The summed E-state index contributed by atoms with van der Waals surface area (Å²) in [5.41, 5.74) is 2.62. The molecule has 6 heteroatoms. The first kappa shape index (κ1) is 36.5. The van der Waals surface area contributed by atoms with Crippen molar-refractivity contribution in [3.8, 4) is 0 Å². The molecular weight excluding hydrogens is 558 g/mol. The monoisotopic (exact) mass is 618 g/mol. The summed E-state index contributed by atoms with van der Waals surface area (Å²) in [7, 11) is 0. The molecule has 0 aromatic heterocycles. The van der Waals surface area contributed by atoms with Crippen LogP contribution in [0.4, 0.5) is 8.78 Å². The van der Waals surface area contributed by atoms with Crippen molar-refractivity contribution in [2.45, 2.75) is 191 Å². The number of carbonyl (C=O) groups is 2. The average molecular weight is 619 g/mol. The van der Waals surface area contributed by atoms with Gasteiger partial charge in [0, 0.05) is 0 Å². The molecule has 2 saturated carbocycles. The minimum atomic E-state index is -1.50. The first-order valence-corrected chi connectivity index (χ1v) is 18.2. The number of carbonyl (C=O) groups excluding carboxylic acids is 2. The summed E-state index contributed by atoms with van der Waals surface area (Å²) in [5, 5.41) is 0. The molecule has 0 bridgehead atoms. The number of hydrogen-bond donors (Lipinski definition) is 0. The molecule has 0 aliphatic heterocycles. The van der Waals surface area contributed by atoms with Crippen molar-refractivity contribution < 1.29 is 27.8 Å². The van der Waals surface area contributed by atoms with Gasteiger partial charge in [0.15, 0.2) is 12.3 Å². The Morgan fingerprint density at radius 3 is 1.23 bits per heavy atom. The zero-order chi connectivity index (χ0) is 31.6.